The van der Waals surface area contributed by atoms with Crippen molar-refractivity contribution in [3.63, 3.8) is 0 Å². The fourth-order valence-electron chi connectivity index (χ4n) is 0.561. The maximum atomic E-state index is 9.67. The van der Waals surface area contributed by atoms with Gasteiger partial charge >= 0.3 is 0 Å². The van der Waals surface area contributed by atoms with E-state index in [2.05, 4.69) is 15.1 Å². The maximum absolute atomic E-state index is 9.67. The molecule has 0 aromatic carbocycles. The first kappa shape index (κ1) is 7.45. The summed E-state index contributed by atoms with van der Waals surface area (Å²) >= 11 is 0. The Bertz CT molecular complexity index is 221. The molecular formula is C4H6N4O3. The summed E-state index contributed by atoms with van der Waals surface area (Å²) in [5.41, 5.74) is 0. The summed E-state index contributed by atoms with van der Waals surface area (Å²) in [4.78, 5) is 13.7. The molecule has 0 spiro atoms. The monoisotopic (exact) mass is 158 g/mol. The summed E-state index contributed by atoms with van der Waals surface area (Å²) in [5.74, 6) is 0. The SMILES string of the molecule is O=[N+]([O-])OCCn1ccnn1. The van der Waals surface area contributed by atoms with Gasteiger partial charge in [-0.2, -0.15) is 0 Å². The molecule has 0 fully saturated rings. The fourth-order valence-corrected chi connectivity index (χ4v) is 0.561. The van der Waals surface area contributed by atoms with E-state index in [1.807, 2.05) is 0 Å². The van der Waals surface area contributed by atoms with E-state index < -0.39 is 5.09 Å². The molecule has 1 aromatic heterocycles. The van der Waals surface area contributed by atoms with E-state index in [0.29, 0.717) is 6.54 Å². The molecule has 7 nitrogen and oxygen atoms in total. The van der Waals surface area contributed by atoms with Crippen molar-refractivity contribution in [3.8, 4) is 0 Å². The molecule has 0 saturated carbocycles. The Morgan fingerprint density at radius 2 is 2.55 bits per heavy atom. The van der Waals surface area contributed by atoms with Crippen LogP contribution in [-0.2, 0) is 11.4 Å². The van der Waals surface area contributed by atoms with Crippen LogP contribution in [-0.4, -0.2) is 26.7 Å². The summed E-state index contributed by atoms with van der Waals surface area (Å²) in [5, 5.41) is 15.9. The Balaban J connectivity index is 2.19. The minimum absolute atomic E-state index is 0.00361. The van der Waals surface area contributed by atoms with E-state index in [4.69, 9.17) is 0 Å². The average molecular weight is 158 g/mol. The molecule has 0 atom stereocenters. The van der Waals surface area contributed by atoms with Crippen molar-refractivity contribution in [1.29, 1.82) is 0 Å². The standard InChI is InChI=1S/C4H6N4O3/c9-8(10)11-4-3-7-2-1-5-6-7/h1-2H,3-4H2. The van der Waals surface area contributed by atoms with Gasteiger partial charge in [0.25, 0.3) is 5.09 Å². The molecular weight excluding hydrogens is 152 g/mol. The summed E-state index contributed by atoms with van der Waals surface area (Å²) in [6.45, 7) is 0.331. The van der Waals surface area contributed by atoms with Gasteiger partial charge in [0.1, 0.15) is 6.61 Å². The molecule has 0 saturated heterocycles. The lowest BCUT2D eigenvalue weighted by Gasteiger charge is -1.96. The third-order valence-electron chi connectivity index (χ3n) is 0.989. The highest BCUT2D eigenvalue weighted by molar-refractivity contribution is 4.62. The van der Waals surface area contributed by atoms with Gasteiger partial charge in [-0.1, -0.05) is 5.21 Å². The Morgan fingerprint density at radius 1 is 1.73 bits per heavy atom. The van der Waals surface area contributed by atoms with Crippen LogP contribution < -0.4 is 0 Å². The minimum atomic E-state index is -0.836. The van der Waals surface area contributed by atoms with E-state index in [-0.39, 0.29) is 6.61 Å². The molecule has 0 bridgehead atoms. The number of hydrogen-bond donors (Lipinski definition) is 0. The average Bonchev–Trinajstić information content (AvgIpc) is 2.39. The smallest absolute Gasteiger partial charge is 0.294 e. The van der Waals surface area contributed by atoms with Gasteiger partial charge in [-0.25, -0.2) is 0 Å². The van der Waals surface area contributed by atoms with Crippen LogP contribution >= 0.6 is 0 Å². The molecule has 1 aromatic rings. The van der Waals surface area contributed by atoms with Crippen molar-refractivity contribution in [3.05, 3.63) is 22.5 Å². The summed E-state index contributed by atoms with van der Waals surface area (Å²) in [6, 6.07) is 0. The lowest BCUT2D eigenvalue weighted by Crippen LogP contribution is -2.09. The van der Waals surface area contributed by atoms with Gasteiger partial charge in [-0.15, -0.1) is 15.2 Å². The molecule has 0 amide bonds. The van der Waals surface area contributed by atoms with Gasteiger partial charge in [-0.3, -0.25) is 4.68 Å². The van der Waals surface area contributed by atoms with Gasteiger partial charge in [0.05, 0.1) is 12.7 Å². The molecule has 60 valence electrons. The summed E-state index contributed by atoms with van der Waals surface area (Å²) in [7, 11) is 0. The Labute approximate surface area is 61.7 Å². The Kier molecular flexibility index (Phi) is 2.37. The number of nitrogens with zero attached hydrogens (tertiary/aromatic N) is 4. The molecule has 0 unspecified atom stereocenters. The second-order valence-electron chi connectivity index (χ2n) is 1.72. The predicted molar refractivity (Wildman–Crippen MR) is 33.0 cm³/mol. The van der Waals surface area contributed by atoms with Crippen molar-refractivity contribution in [2.75, 3.05) is 6.61 Å². The van der Waals surface area contributed by atoms with Gasteiger partial charge in [0.2, 0.25) is 0 Å². The molecule has 1 heterocycles. The van der Waals surface area contributed by atoms with Crippen LogP contribution in [0.15, 0.2) is 12.4 Å². The maximum Gasteiger partial charge on any atom is 0.294 e. The fraction of sp³-hybridized carbons (Fsp3) is 0.500. The molecule has 0 aliphatic rings. The van der Waals surface area contributed by atoms with Crippen LogP contribution in [0.1, 0.15) is 0 Å². The van der Waals surface area contributed by atoms with E-state index in [9.17, 15) is 10.1 Å². The molecule has 0 radical (unpaired) electrons. The van der Waals surface area contributed by atoms with Crippen LogP contribution in [0.4, 0.5) is 0 Å². The summed E-state index contributed by atoms with van der Waals surface area (Å²) < 4.78 is 1.45. The van der Waals surface area contributed by atoms with Gasteiger partial charge in [0.15, 0.2) is 0 Å². The zero-order chi connectivity index (χ0) is 8.10. The highest BCUT2D eigenvalue weighted by Crippen LogP contribution is 1.82. The van der Waals surface area contributed by atoms with E-state index in [0.717, 1.165) is 0 Å². The molecule has 0 N–H and O–H groups in total. The van der Waals surface area contributed by atoms with Crippen molar-refractivity contribution < 1.29 is 9.92 Å². The number of rotatable bonds is 4. The third-order valence-corrected chi connectivity index (χ3v) is 0.989. The number of hydrogen-bond acceptors (Lipinski definition) is 5. The van der Waals surface area contributed by atoms with Crippen molar-refractivity contribution in [2.24, 2.45) is 0 Å². The van der Waals surface area contributed by atoms with Crippen LogP contribution in [0.2, 0.25) is 0 Å². The van der Waals surface area contributed by atoms with E-state index in [1.54, 1.807) is 6.20 Å². The van der Waals surface area contributed by atoms with Gasteiger partial charge in [0, 0.05) is 6.20 Å². The zero-order valence-electron chi connectivity index (χ0n) is 5.58. The molecule has 0 aliphatic carbocycles. The first-order valence-corrected chi connectivity index (χ1v) is 2.90. The quantitative estimate of drug-likeness (QED) is 0.435. The van der Waals surface area contributed by atoms with Gasteiger partial charge < -0.3 is 4.84 Å². The van der Waals surface area contributed by atoms with Crippen LogP contribution in [0, 0.1) is 10.1 Å². The van der Waals surface area contributed by atoms with Crippen molar-refractivity contribution in [2.45, 2.75) is 6.54 Å². The van der Waals surface area contributed by atoms with Crippen LogP contribution in [0.3, 0.4) is 0 Å². The molecule has 0 aliphatic heterocycles. The highest BCUT2D eigenvalue weighted by Gasteiger charge is 1.94. The summed E-state index contributed by atoms with van der Waals surface area (Å²) in [6.07, 6.45) is 3.09. The molecule has 11 heavy (non-hydrogen) atoms. The van der Waals surface area contributed by atoms with E-state index >= 15 is 0 Å². The van der Waals surface area contributed by atoms with Crippen molar-refractivity contribution >= 4 is 0 Å². The van der Waals surface area contributed by atoms with Crippen LogP contribution in [0.5, 0.6) is 0 Å². The molecule has 7 heteroatoms. The first-order chi connectivity index (χ1) is 5.29. The normalized spacial score (nSPS) is 9.45. The zero-order valence-corrected chi connectivity index (χ0v) is 5.58. The third kappa shape index (κ3) is 2.61. The van der Waals surface area contributed by atoms with Crippen molar-refractivity contribution in [1.82, 2.24) is 15.0 Å². The second kappa shape index (κ2) is 3.49. The lowest BCUT2D eigenvalue weighted by molar-refractivity contribution is -0.758. The van der Waals surface area contributed by atoms with E-state index in [1.165, 1.54) is 10.9 Å². The topological polar surface area (TPSA) is 83.1 Å². The Hall–Kier alpha value is -1.66. The lowest BCUT2D eigenvalue weighted by atomic mass is 10.7. The number of aromatic nitrogens is 3. The minimum Gasteiger partial charge on any atom is -0.312 e. The predicted octanol–water partition coefficient (Wildman–Crippen LogP) is -0.514. The first-order valence-electron chi connectivity index (χ1n) is 2.90. The Morgan fingerprint density at radius 3 is 3.09 bits per heavy atom. The molecule has 1 rings (SSSR count). The second-order valence-corrected chi connectivity index (χ2v) is 1.72. The van der Waals surface area contributed by atoms with Crippen LogP contribution in [0.25, 0.3) is 0 Å². The van der Waals surface area contributed by atoms with Gasteiger partial charge in [-0.05, 0) is 0 Å². The highest BCUT2D eigenvalue weighted by atomic mass is 16.9. The largest absolute Gasteiger partial charge is 0.312 e.